The Kier molecular flexibility index (Phi) is 4.80. The van der Waals surface area contributed by atoms with Crippen molar-refractivity contribution in [1.82, 2.24) is 5.48 Å². The van der Waals surface area contributed by atoms with Crippen LogP contribution in [0.15, 0.2) is 48.5 Å². The van der Waals surface area contributed by atoms with Crippen molar-refractivity contribution in [2.24, 2.45) is 0 Å². The van der Waals surface area contributed by atoms with Gasteiger partial charge in [0.15, 0.2) is 0 Å². The molecule has 0 aliphatic rings. The van der Waals surface area contributed by atoms with Crippen LogP contribution in [0.3, 0.4) is 0 Å². The molecule has 5 heteroatoms. The molecule has 0 atom stereocenters. The van der Waals surface area contributed by atoms with Crippen molar-refractivity contribution >= 4 is 29.1 Å². The highest BCUT2D eigenvalue weighted by molar-refractivity contribution is 6.42. The van der Waals surface area contributed by atoms with Crippen LogP contribution in [0.25, 0.3) is 0 Å². The average molecular weight is 296 g/mol. The molecule has 0 unspecified atom stereocenters. The summed E-state index contributed by atoms with van der Waals surface area (Å²) in [5.74, 6) is -0.291. The Morgan fingerprint density at radius 3 is 2.47 bits per heavy atom. The monoisotopic (exact) mass is 295 g/mol. The summed E-state index contributed by atoms with van der Waals surface area (Å²) in [5.41, 5.74) is 3.73. The van der Waals surface area contributed by atoms with Gasteiger partial charge >= 0.3 is 0 Å². The van der Waals surface area contributed by atoms with E-state index in [1.807, 2.05) is 6.07 Å². The first-order valence-electron chi connectivity index (χ1n) is 5.58. The van der Waals surface area contributed by atoms with Crippen LogP contribution in [0.2, 0.25) is 10.0 Å². The number of hydroxylamine groups is 1. The van der Waals surface area contributed by atoms with Gasteiger partial charge in [-0.1, -0.05) is 47.5 Å². The number of carbonyl (C=O) groups is 1. The molecule has 0 saturated heterocycles. The second-order valence-corrected chi connectivity index (χ2v) is 4.65. The van der Waals surface area contributed by atoms with E-state index in [2.05, 4.69) is 5.48 Å². The van der Waals surface area contributed by atoms with Gasteiger partial charge in [-0.3, -0.25) is 9.63 Å². The Morgan fingerprint density at radius 1 is 1.05 bits per heavy atom. The van der Waals surface area contributed by atoms with E-state index in [1.54, 1.807) is 42.5 Å². The number of hydrogen-bond donors (Lipinski definition) is 1. The maximum Gasteiger partial charge on any atom is 0.274 e. The third-order valence-corrected chi connectivity index (χ3v) is 3.16. The minimum Gasteiger partial charge on any atom is -0.269 e. The third-order valence-electron chi connectivity index (χ3n) is 2.42. The van der Waals surface area contributed by atoms with Crippen molar-refractivity contribution < 1.29 is 9.63 Å². The Bertz CT molecular complexity index is 573. The van der Waals surface area contributed by atoms with E-state index in [-0.39, 0.29) is 12.5 Å². The van der Waals surface area contributed by atoms with Crippen LogP contribution in [0.5, 0.6) is 0 Å². The van der Waals surface area contributed by atoms with Gasteiger partial charge in [-0.05, 0) is 29.8 Å². The molecule has 0 radical (unpaired) electrons. The first-order chi connectivity index (χ1) is 9.16. The average Bonchev–Trinajstić information content (AvgIpc) is 2.43. The number of amides is 1. The highest BCUT2D eigenvalue weighted by Crippen LogP contribution is 2.22. The van der Waals surface area contributed by atoms with Crippen molar-refractivity contribution in [2.75, 3.05) is 0 Å². The highest BCUT2D eigenvalue weighted by atomic mass is 35.5. The summed E-state index contributed by atoms with van der Waals surface area (Å²) < 4.78 is 0. The molecule has 98 valence electrons. The molecule has 0 aliphatic heterocycles. The lowest BCUT2D eigenvalue weighted by molar-refractivity contribution is 0.0233. The van der Waals surface area contributed by atoms with Crippen LogP contribution >= 0.6 is 23.2 Å². The maximum atomic E-state index is 11.7. The van der Waals surface area contributed by atoms with Gasteiger partial charge in [0.2, 0.25) is 0 Å². The Balaban J connectivity index is 1.87. The normalized spacial score (nSPS) is 10.2. The summed E-state index contributed by atoms with van der Waals surface area (Å²) in [5, 5.41) is 0.941. The third kappa shape index (κ3) is 3.96. The molecule has 1 amide bonds. The van der Waals surface area contributed by atoms with Crippen LogP contribution in [-0.2, 0) is 11.4 Å². The lowest BCUT2D eigenvalue weighted by atomic mass is 10.2. The van der Waals surface area contributed by atoms with E-state index in [0.717, 1.165) is 5.56 Å². The molecule has 2 aromatic carbocycles. The van der Waals surface area contributed by atoms with Crippen molar-refractivity contribution in [3.63, 3.8) is 0 Å². The molecule has 1 N–H and O–H groups in total. The predicted octanol–water partition coefficient (Wildman–Crippen LogP) is 3.86. The standard InChI is InChI=1S/C14H11Cl2NO2/c15-12-7-6-10(8-13(12)16)9-19-17-14(18)11-4-2-1-3-5-11/h1-8H,9H2,(H,17,18). The first kappa shape index (κ1) is 13.9. The molecule has 0 saturated carbocycles. The Labute approximate surface area is 121 Å². The number of nitrogens with one attached hydrogen (secondary N) is 1. The highest BCUT2D eigenvalue weighted by Gasteiger charge is 2.04. The quantitative estimate of drug-likeness (QED) is 0.870. The van der Waals surface area contributed by atoms with Gasteiger partial charge in [-0.25, -0.2) is 5.48 Å². The fourth-order valence-electron chi connectivity index (χ4n) is 1.46. The van der Waals surface area contributed by atoms with Crippen LogP contribution in [-0.4, -0.2) is 5.91 Å². The summed E-state index contributed by atoms with van der Waals surface area (Å²) in [6, 6.07) is 14.0. The van der Waals surface area contributed by atoms with Crippen molar-refractivity contribution in [2.45, 2.75) is 6.61 Å². The second kappa shape index (κ2) is 6.57. The zero-order valence-corrected chi connectivity index (χ0v) is 11.4. The van der Waals surface area contributed by atoms with E-state index in [4.69, 9.17) is 28.0 Å². The van der Waals surface area contributed by atoms with E-state index >= 15 is 0 Å². The van der Waals surface area contributed by atoms with Crippen LogP contribution in [0.1, 0.15) is 15.9 Å². The lowest BCUT2D eigenvalue weighted by Crippen LogP contribution is -2.23. The molecule has 3 nitrogen and oxygen atoms in total. The van der Waals surface area contributed by atoms with Crippen molar-refractivity contribution in [3.8, 4) is 0 Å². The Morgan fingerprint density at radius 2 is 1.79 bits per heavy atom. The van der Waals surface area contributed by atoms with Gasteiger partial charge < -0.3 is 0 Å². The fourth-order valence-corrected chi connectivity index (χ4v) is 1.78. The van der Waals surface area contributed by atoms with Gasteiger partial charge in [0.25, 0.3) is 5.91 Å². The first-order valence-corrected chi connectivity index (χ1v) is 6.33. The minimum atomic E-state index is -0.291. The molecule has 2 aromatic rings. The Hall–Kier alpha value is -1.55. The van der Waals surface area contributed by atoms with Gasteiger partial charge in [0.1, 0.15) is 0 Å². The SMILES string of the molecule is O=C(NOCc1ccc(Cl)c(Cl)c1)c1ccccc1. The van der Waals surface area contributed by atoms with Crippen LogP contribution < -0.4 is 5.48 Å². The summed E-state index contributed by atoms with van der Waals surface area (Å²) in [7, 11) is 0. The number of carbonyl (C=O) groups excluding carboxylic acids is 1. The van der Waals surface area contributed by atoms with Crippen molar-refractivity contribution in [3.05, 3.63) is 69.7 Å². The topological polar surface area (TPSA) is 38.3 Å². The molecule has 0 bridgehead atoms. The van der Waals surface area contributed by atoms with Gasteiger partial charge in [0.05, 0.1) is 16.7 Å². The number of rotatable bonds is 4. The molecule has 0 spiro atoms. The van der Waals surface area contributed by atoms with E-state index < -0.39 is 0 Å². The van der Waals surface area contributed by atoms with Crippen molar-refractivity contribution in [1.29, 1.82) is 0 Å². The number of halogens is 2. The lowest BCUT2D eigenvalue weighted by Gasteiger charge is -2.06. The number of hydrogen-bond acceptors (Lipinski definition) is 2. The molecule has 19 heavy (non-hydrogen) atoms. The summed E-state index contributed by atoms with van der Waals surface area (Å²) >= 11 is 11.7. The summed E-state index contributed by atoms with van der Waals surface area (Å²) in [6.45, 7) is 0.218. The van der Waals surface area contributed by atoms with E-state index in [1.165, 1.54) is 0 Å². The summed E-state index contributed by atoms with van der Waals surface area (Å²) in [4.78, 5) is 16.8. The van der Waals surface area contributed by atoms with Gasteiger partial charge in [-0.2, -0.15) is 0 Å². The smallest absolute Gasteiger partial charge is 0.269 e. The molecule has 0 aliphatic carbocycles. The minimum absolute atomic E-state index is 0.218. The largest absolute Gasteiger partial charge is 0.274 e. The molecule has 0 fully saturated rings. The molecule has 0 aromatic heterocycles. The summed E-state index contributed by atoms with van der Waals surface area (Å²) in [6.07, 6.45) is 0. The molecule has 2 rings (SSSR count). The predicted molar refractivity (Wildman–Crippen MR) is 75.2 cm³/mol. The van der Waals surface area contributed by atoms with Gasteiger partial charge in [-0.15, -0.1) is 0 Å². The molecule has 0 heterocycles. The maximum absolute atomic E-state index is 11.7. The zero-order valence-electron chi connectivity index (χ0n) is 9.90. The van der Waals surface area contributed by atoms with Crippen LogP contribution in [0, 0.1) is 0 Å². The van der Waals surface area contributed by atoms with E-state index in [0.29, 0.717) is 15.6 Å². The fraction of sp³-hybridized carbons (Fsp3) is 0.0714. The van der Waals surface area contributed by atoms with Crippen LogP contribution in [0.4, 0.5) is 0 Å². The molecular formula is C14H11Cl2NO2. The van der Waals surface area contributed by atoms with Gasteiger partial charge in [0, 0.05) is 5.56 Å². The van der Waals surface area contributed by atoms with E-state index in [9.17, 15) is 4.79 Å². The number of benzene rings is 2. The molecular weight excluding hydrogens is 285 g/mol. The second-order valence-electron chi connectivity index (χ2n) is 3.83. The zero-order chi connectivity index (χ0) is 13.7.